The van der Waals surface area contributed by atoms with Gasteiger partial charge in [-0.2, -0.15) is 5.10 Å². The average molecular weight is 450 g/mol. The Hall–Kier alpha value is -3.07. The Morgan fingerprint density at radius 2 is 2.03 bits per heavy atom. The van der Waals surface area contributed by atoms with E-state index in [1.165, 1.54) is 0 Å². The lowest BCUT2D eigenvalue weighted by molar-refractivity contribution is 0.0971. The number of piperazine rings is 1. The number of fused-ring (bicyclic) bond motifs is 1. The zero-order valence-electron chi connectivity index (χ0n) is 17.8. The van der Waals surface area contributed by atoms with Gasteiger partial charge in [0.05, 0.1) is 24.4 Å². The van der Waals surface area contributed by atoms with Crippen LogP contribution in [0.25, 0.3) is 22.3 Å². The summed E-state index contributed by atoms with van der Waals surface area (Å²) in [5, 5.41) is 20.6. The molecule has 0 amide bonds. The van der Waals surface area contributed by atoms with E-state index in [-0.39, 0.29) is 6.04 Å². The second kappa shape index (κ2) is 9.20. The molecule has 164 valence electrons. The first-order chi connectivity index (χ1) is 15.7. The fourth-order valence-electron chi connectivity index (χ4n) is 3.94. The molecular weight excluding hydrogens is 426 g/mol. The smallest absolute Gasteiger partial charge is 0.194 e. The third-order valence-electron chi connectivity index (χ3n) is 5.63. The van der Waals surface area contributed by atoms with Gasteiger partial charge in [-0.05, 0) is 30.7 Å². The lowest BCUT2D eigenvalue weighted by Crippen LogP contribution is -2.53. The molecule has 0 spiro atoms. The summed E-state index contributed by atoms with van der Waals surface area (Å²) < 4.78 is 5.93. The van der Waals surface area contributed by atoms with Crippen molar-refractivity contribution in [3.8, 4) is 11.4 Å². The Kier molecular flexibility index (Phi) is 5.98. The molecule has 1 fully saturated rings. The van der Waals surface area contributed by atoms with Crippen LogP contribution in [0.2, 0.25) is 5.15 Å². The minimum absolute atomic E-state index is 0.173. The van der Waals surface area contributed by atoms with Crippen molar-refractivity contribution in [2.75, 3.05) is 31.1 Å². The second-order valence-corrected chi connectivity index (χ2v) is 8.28. The number of nitrogens with one attached hydrogen (secondary N) is 2. The highest BCUT2D eigenvalue weighted by molar-refractivity contribution is 6.31. The highest BCUT2D eigenvalue weighted by atomic mass is 35.5. The Labute approximate surface area is 191 Å². The van der Waals surface area contributed by atoms with E-state index in [0.717, 1.165) is 47.4 Å². The molecule has 8 nitrogen and oxygen atoms in total. The van der Waals surface area contributed by atoms with Crippen molar-refractivity contribution in [1.82, 2.24) is 30.7 Å². The number of hydrogen-bond donors (Lipinski definition) is 2. The number of aromatic amines is 1. The first kappa shape index (κ1) is 20.8. The van der Waals surface area contributed by atoms with E-state index in [1.54, 1.807) is 0 Å². The third kappa shape index (κ3) is 4.43. The van der Waals surface area contributed by atoms with Crippen LogP contribution in [-0.2, 0) is 11.3 Å². The summed E-state index contributed by atoms with van der Waals surface area (Å²) >= 11 is 6.41. The zero-order chi connectivity index (χ0) is 21.9. The maximum Gasteiger partial charge on any atom is 0.194 e. The minimum atomic E-state index is 0.173. The number of rotatable bonds is 6. The molecule has 9 heteroatoms. The number of ether oxygens (including phenoxy) is 1. The predicted molar refractivity (Wildman–Crippen MR) is 125 cm³/mol. The van der Waals surface area contributed by atoms with Crippen molar-refractivity contribution >= 4 is 28.3 Å². The molecule has 0 saturated carbocycles. The lowest BCUT2D eigenvalue weighted by atomic mass is 10.1. The normalized spacial score (nSPS) is 16.6. The quantitative estimate of drug-likeness (QED) is 0.466. The van der Waals surface area contributed by atoms with Gasteiger partial charge >= 0.3 is 0 Å². The molecule has 5 rings (SSSR count). The van der Waals surface area contributed by atoms with Crippen LogP contribution in [0.5, 0.6) is 0 Å². The van der Waals surface area contributed by atoms with E-state index in [1.807, 2.05) is 43.3 Å². The Bertz CT molecular complexity index is 1210. The minimum Gasteiger partial charge on any atom is -0.375 e. The first-order valence-electron chi connectivity index (χ1n) is 10.6. The van der Waals surface area contributed by atoms with Crippen LogP contribution in [0.15, 0.2) is 48.5 Å². The Morgan fingerprint density at radius 3 is 2.91 bits per heavy atom. The van der Waals surface area contributed by atoms with E-state index in [2.05, 4.69) is 42.7 Å². The molecule has 2 aromatic carbocycles. The highest BCUT2D eigenvalue weighted by Crippen LogP contribution is 2.27. The maximum atomic E-state index is 6.41. The molecule has 0 unspecified atom stereocenters. The van der Waals surface area contributed by atoms with Gasteiger partial charge in [0.2, 0.25) is 0 Å². The number of benzene rings is 2. The fourth-order valence-corrected chi connectivity index (χ4v) is 4.14. The molecule has 4 aromatic rings. The number of H-pyrrole nitrogens is 1. The molecule has 0 radical (unpaired) electrons. The molecule has 1 aliphatic rings. The third-order valence-corrected chi connectivity index (χ3v) is 5.87. The average Bonchev–Trinajstić information content (AvgIpc) is 3.20. The number of nitrogens with zero attached hydrogens (tertiary/aromatic N) is 5. The van der Waals surface area contributed by atoms with Gasteiger partial charge in [0.15, 0.2) is 16.8 Å². The van der Waals surface area contributed by atoms with Gasteiger partial charge in [-0.15, -0.1) is 10.2 Å². The van der Waals surface area contributed by atoms with E-state index < -0.39 is 0 Å². The molecule has 1 atom stereocenters. The monoisotopic (exact) mass is 449 g/mol. The summed E-state index contributed by atoms with van der Waals surface area (Å²) in [7, 11) is 0. The van der Waals surface area contributed by atoms with Gasteiger partial charge in [-0.25, -0.2) is 4.98 Å². The zero-order valence-corrected chi connectivity index (χ0v) is 18.5. The first-order valence-corrected chi connectivity index (χ1v) is 11.0. The summed E-state index contributed by atoms with van der Waals surface area (Å²) in [5.41, 5.74) is 3.96. The van der Waals surface area contributed by atoms with E-state index >= 15 is 0 Å². The molecular formula is C23H24ClN7O. The summed E-state index contributed by atoms with van der Waals surface area (Å²) in [6.45, 7) is 5.49. The molecule has 1 saturated heterocycles. The fraction of sp³-hybridized carbons (Fsp3) is 0.304. The molecule has 32 heavy (non-hydrogen) atoms. The van der Waals surface area contributed by atoms with Crippen molar-refractivity contribution in [2.24, 2.45) is 0 Å². The summed E-state index contributed by atoms with van der Waals surface area (Å²) in [5.74, 6) is 1.19. The molecule has 3 heterocycles. The van der Waals surface area contributed by atoms with Gasteiger partial charge in [-0.3, -0.25) is 5.10 Å². The van der Waals surface area contributed by atoms with Gasteiger partial charge in [0, 0.05) is 36.6 Å². The SMILES string of the molecule is Cc1n[nH]c2ccc(-c3nnc(Cl)c(N4CCN[C@@H](COCc5ccccc5)C4)n3)cc12. The lowest BCUT2D eigenvalue weighted by Gasteiger charge is -2.34. The number of aryl methyl sites for hydroxylation is 1. The van der Waals surface area contributed by atoms with Crippen LogP contribution in [0, 0.1) is 6.92 Å². The second-order valence-electron chi connectivity index (χ2n) is 7.92. The van der Waals surface area contributed by atoms with Gasteiger partial charge in [0.1, 0.15) is 0 Å². The summed E-state index contributed by atoms with van der Waals surface area (Å²) in [4.78, 5) is 6.92. The van der Waals surface area contributed by atoms with Crippen LogP contribution < -0.4 is 10.2 Å². The molecule has 2 aromatic heterocycles. The molecule has 1 aliphatic heterocycles. The van der Waals surface area contributed by atoms with Gasteiger partial charge < -0.3 is 15.0 Å². The number of hydrogen-bond acceptors (Lipinski definition) is 7. The summed E-state index contributed by atoms with van der Waals surface area (Å²) in [6, 6.07) is 16.3. The predicted octanol–water partition coefficient (Wildman–Crippen LogP) is 3.37. The Morgan fingerprint density at radius 1 is 1.16 bits per heavy atom. The van der Waals surface area contributed by atoms with Gasteiger partial charge in [0.25, 0.3) is 0 Å². The summed E-state index contributed by atoms with van der Waals surface area (Å²) in [6.07, 6.45) is 0. The topological polar surface area (TPSA) is 91.9 Å². The van der Waals surface area contributed by atoms with Crippen molar-refractivity contribution in [1.29, 1.82) is 0 Å². The van der Waals surface area contributed by atoms with E-state index in [4.69, 9.17) is 21.3 Å². The van der Waals surface area contributed by atoms with Crippen LogP contribution in [0.4, 0.5) is 5.82 Å². The van der Waals surface area contributed by atoms with Crippen molar-refractivity contribution in [2.45, 2.75) is 19.6 Å². The molecule has 0 bridgehead atoms. The van der Waals surface area contributed by atoms with Crippen LogP contribution in [0.1, 0.15) is 11.3 Å². The van der Waals surface area contributed by atoms with E-state index in [9.17, 15) is 0 Å². The van der Waals surface area contributed by atoms with Crippen molar-refractivity contribution < 1.29 is 4.74 Å². The van der Waals surface area contributed by atoms with Gasteiger partial charge in [-0.1, -0.05) is 41.9 Å². The standard InChI is InChI=1S/C23H24ClN7O/c1-15-19-11-17(7-8-20(19)28-27-15)22-26-23(21(24)29-30-22)31-10-9-25-18(12-31)14-32-13-16-5-3-2-4-6-16/h2-8,11,18,25H,9-10,12-14H2,1H3,(H,27,28)/t18-/m1/s1. The van der Waals surface area contributed by atoms with Crippen LogP contribution in [-0.4, -0.2) is 57.7 Å². The Balaban J connectivity index is 1.30. The maximum absolute atomic E-state index is 6.41. The highest BCUT2D eigenvalue weighted by Gasteiger charge is 2.24. The number of anilines is 1. The largest absolute Gasteiger partial charge is 0.375 e. The van der Waals surface area contributed by atoms with Crippen molar-refractivity contribution in [3.63, 3.8) is 0 Å². The molecule has 2 N–H and O–H groups in total. The van der Waals surface area contributed by atoms with Crippen LogP contribution in [0.3, 0.4) is 0 Å². The number of aromatic nitrogens is 5. The number of halogens is 1. The molecule has 0 aliphatic carbocycles. The van der Waals surface area contributed by atoms with E-state index in [0.29, 0.717) is 30.0 Å². The van der Waals surface area contributed by atoms with Crippen LogP contribution >= 0.6 is 11.6 Å². The van der Waals surface area contributed by atoms with Crippen molar-refractivity contribution in [3.05, 3.63) is 64.9 Å².